The summed E-state index contributed by atoms with van der Waals surface area (Å²) in [6.07, 6.45) is 1.06. The minimum atomic E-state index is -2.04. The van der Waals surface area contributed by atoms with Gasteiger partial charge in [0.05, 0.1) is 0 Å². The molecule has 0 spiro atoms. The molecule has 0 bridgehead atoms. The van der Waals surface area contributed by atoms with Crippen LogP contribution in [0.4, 0.5) is 0 Å². The van der Waals surface area contributed by atoms with E-state index in [1.54, 1.807) is 0 Å². The second-order valence-electron chi connectivity index (χ2n) is 7.64. The molecule has 0 aliphatic heterocycles. The number of carbonyl (C=O) groups excluding carboxylic acids is 2. The van der Waals surface area contributed by atoms with Crippen molar-refractivity contribution in [2.75, 3.05) is 0 Å². The number of rotatable bonds is 7. The Balaban J connectivity index is 2.83. The Kier molecular flexibility index (Phi) is 6.76. The molecule has 0 N–H and O–H groups in total. The third kappa shape index (κ3) is 8.13. The monoisotopic (exact) mass is 352 g/mol. The Morgan fingerprint density at radius 1 is 0.870 bits per heavy atom. The zero-order valence-corrected chi connectivity index (χ0v) is 17.0. The number of hydrogen-bond donors (Lipinski definition) is 0. The van der Waals surface area contributed by atoms with Crippen LogP contribution in [0.25, 0.3) is 0 Å². The van der Waals surface area contributed by atoms with Gasteiger partial charge in [-0.3, -0.25) is 9.59 Å². The number of hydrogen-bond acceptors (Lipinski definition) is 4. The predicted octanol–water partition coefficient (Wildman–Crippen LogP) is 3.99. The molecule has 0 fully saturated rings. The lowest BCUT2D eigenvalue weighted by Gasteiger charge is -2.25. The summed E-state index contributed by atoms with van der Waals surface area (Å²) in [6.45, 7) is 11.6. The topological polar surface area (TPSA) is 52.6 Å². The highest BCUT2D eigenvalue weighted by Gasteiger charge is 2.35. The molecule has 0 aliphatic carbocycles. The molecular weight excluding hydrogens is 324 g/mol. The van der Waals surface area contributed by atoms with Gasteiger partial charge in [-0.15, -0.1) is 0 Å². The maximum absolute atomic E-state index is 12.4. The highest BCUT2D eigenvalue weighted by Crippen LogP contribution is 2.18. The first-order chi connectivity index (χ1) is 10.5. The molecule has 1 aromatic rings. The fraction of sp³-hybridized carbons (Fsp3) is 0.529. The molecular formula is C17H28O4Si2. The normalized spacial score (nSPS) is 12.1. The molecule has 0 aromatic heterocycles. The average Bonchev–Trinajstić information content (AvgIpc) is 2.35. The molecule has 1 aromatic carbocycles. The number of benzene rings is 1. The molecule has 0 heterocycles. The number of carbonyl (C=O) groups is 2. The van der Waals surface area contributed by atoms with E-state index in [1.165, 1.54) is 0 Å². The van der Waals surface area contributed by atoms with Gasteiger partial charge in [-0.2, -0.15) is 0 Å². The van der Waals surface area contributed by atoms with Crippen LogP contribution in [0.2, 0.25) is 39.3 Å². The van der Waals surface area contributed by atoms with Crippen molar-refractivity contribution in [1.29, 1.82) is 0 Å². The summed E-state index contributed by atoms with van der Waals surface area (Å²) in [5.41, 5.74) is 1.10. The zero-order valence-electron chi connectivity index (χ0n) is 15.0. The molecule has 0 amide bonds. The second kappa shape index (κ2) is 7.92. The van der Waals surface area contributed by atoms with Crippen LogP contribution in [0.5, 0.6) is 0 Å². The Morgan fingerprint density at radius 2 is 1.30 bits per heavy atom. The highest BCUT2D eigenvalue weighted by atomic mass is 28.4. The average molecular weight is 353 g/mol. The van der Waals surface area contributed by atoms with Crippen molar-refractivity contribution >= 4 is 28.6 Å². The van der Waals surface area contributed by atoms with E-state index in [1.807, 2.05) is 69.6 Å². The molecule has 0 saturated heterocycles. The predicted molar refractivity (Wildman–Crippen MR) is 97.1 cm³/mol. The van der Waals surface area contributed by atoms with Gasteiger partial charge >= 0.3 is 11.9 Å². The van der Waals surface area contributed by atoms with Crippen LogP contribution < -0.4 is 0 Å². The smallest absolute Gasteiger partial charge is 0.306 e. The molecule has 0 aliphatic rings. The van der Waals surface area contributed by atoms with Crippen LogP contribution in [-0.4, -0.2) is 28.6 Å². The standard InChI is InChI=1S/C17H28O4Si2/c1-22(2,3)20-16(18)15(17(19)21-23(4,5)6)13-12-14-10-8-7-9-11-14/h7-11,15H,12-13H2,1-6H3. The maximum atomic E-state index is 12.4. The fourth-order valence-corrected chi connectivity index (χ4v) is 3.53. The van der Waals surface area contributed by atoms with Crippen LogP contribution in [0, 0.1) is 5.92 Å². The van der Waals surface area contributed by atoms with E-state index in [0.717, 1.165) is 5.56 Å². The van der Waals surface area contributed by atoms with Crippen molar-refractivity contribution in [3.8, 4) is 0 Å². The van der Waals surface area contributed by atoms with Gasteiger partial charge in [-0.05, 0) is 57.7 Å². The van der Waals surface area contributed by atoms with E-state index in [-0.39, 0.29) is 0 Å². The van der Waals surface area contributed by atoms with Crippen LogP contribution in [0.3, 0.4) is 0 Å². The molecule has 0 saturated carbocycles. The Hall–Kier alpha value is -1.41. The van der Waals surface area contributed by atoms with Gasteiger partial charge in [0, 0.05) is 0 Å². The summed E-state index contributed by atoms with van der Waals surface area (Å²) in [7, 11) is -4.08. The fourth-order valence-electron chi connectivity index (χ4n) is 2.03. The van der Waals surface area contributed by atoms with Crippen molar-refractivity contribution in [3.63, 3.8) is 0 Å². The highest BCUT2D eigenvalue weighted by molar-refractivity contribution is 6.72. The lowest BCUT2D eigenvalue weighted by molar-refractivity contribution is -0.152. The largest absolute Gasteiger partial charge is 0.519 e. The first-order valence-electron chi connectivity index (χ1n) is 7.97. The van der Waals surface area contributed by atoms with E-state index in [2.05, 4.69) is 0 Å². The summed E-state index contributed by atoms with van der Waals surface area (Å²) in [6, 6.07) is 9.83. The van der Waals surface area contributed by atoms with Gasteiger partial charge < -0.3 is 8.85 Å². The third-order valence-corrected chi connectivity index (χ3v) is 4.57. The molecule has 23 heavy (non-hydrogen) atoms. The van der Waals surface area contributed by atoms with Gasteiger partial charge in [0.2, 0.25) is 16.6 Å². The zero-order chi connectivity index (χ0) is 17.7. The van der Waals surface area contributed by atoms with Crippen molar-refractivity contribution in [2.45, 2.75) is 52.1 Å². The molecule has 128 valence electrons. The minimum absolute atomic E-state index is 0.413. The van der Waals surface area contributed by atoms with E-state index in [0.29, 0.717) is 12.8 Å². The van der Waals surface area contributed by atoms with Crippen molar-refractivity contribution in [1.82, 2.24) is 0 Å². The van der Waals surface area contributed by atoms with Crippen molar-refractivity contribution in [2.24, 2.45) is 5.92 Å². The summed E-state index contributed by atoms with van der Waals surface area (Å²) < 4.78 is 11.1. The molecule has 0 atom stereocenters. The van der Waals surface area contributed by atoms with Crippen molar-refractivity contribution in [3.05, 3.63) is 35.9 Å². The summed E-state index contributed by atoms with van der Waals surface area (Å²) in [5, 5.41) is 0. The van der Waals surface area contributed by atoms with Crippen LogP contribution >= 0.6 is 0 Å². The first kappa shape index (κ1) is 19.6. The summed E-state index contributed by atoms with van der Waals surface area (Å²) in [5.74, 6) is -1.72. The molecule has 4 nitrogen and oxygen atoms in total. The van der Waals surface area contributed by atoms with E-state index in [4.69, 9.17) is 8.85 Å². The number of aryl methyl sites for hydroxylation is 1. The van der Waals surface area contributed by atoms with E-state index < -0.39 is 34.5 Å². The van der Waals surface area contributed by atoms with Crippen LogP contribution in [-0.2, 0) is 24.9 Å². The van der Waals surface area contributed by atoms with Gasteiger partial charge in [-0.25, -0.2) is 0 Å². The van der Waals surface area contributed by atoms with Gasteiger partial charge in [0.1, 0.15) is 0 Å². The first-order valence-corrected chi connectivity index (χ1v) is 14.8. The molecule has 0 radical (unpaired) electrons. The summed E-state index contributed by atoms with van der Waals surface area (Å²) >= 11 is 0. The maximum Gasteiger partial charge on any atom is 0.306 e. The Morgan fingerprint density at radius 3 is 1.70 bits per heavy atom. The second-order valence-corrected chi connectivity index (χ2v) is 16.5. The quantitative estimate of drug-likeness (QED) is 0.550. The third-order valence-electron chi connectivity index (χ3n) is 2.95. The molecule has 1 rings (SSSR count). The van der Waals surface area contributed by atoms with Gasteiger partial charge in [0.15, 0.2) is 5.92 Å². The summed E-state index contributed by atoms with van der Waals surface area (Å²) in [4.78, 5) is 24.9. The lowest BCUT2D eigenvalue weighted by Crippen LogP contribution is -2.40. The Bertz CT molecular complexity index is 502. The van der Waals surface area contributed by atoms with Gasteiger partial charge in [0.25, 0.3) is 0 Å². The molecule has 0 unspecified atom stereocenters. The minimum Gasteiger partial charge on any atom is -0.519 e. The van der Waals surface area contributed by atoms with E-state index in [9.17, 15) is 9.59 Å². The van der Waals surface area contributed by atoms with Crippen LogP contribution in [0.15, 0.2) is 30.3 Å². The van der Waals surface area contributed by atoms with Crippen molar-refractivity contribution < 1.29 is 18.4 Å². The Labute approximate surface area is 141 Å². The van der Waals surface area contributed by atoms with Crippen LogP contribution in [0.1, 0.15) is 12.0 Å². The lowest BCUT2D eigenvalue weighted by atomic mass is 10.00. The molecule has 6 heteroatoms. The SMILES string of the molecule is C[Si](C)(C)OC(=O)C(CCc1ccccc1)C(=O)O[Si](C)(C)C. The van der Waals surface area contributed by atoms with E-state index >= 15 is 0 Å². The van der Waals surface area contributed by atoms with Gasteiger partial charge in [-0.1, -0.05) is 30.3 Å².